The number of rotatable bonds is 3. The Morgan fingerprint density at radius 3 is 2.56 bits per heavy atom. The van der Waals surface area contributed by atoms with E-state index >= 15 is 0 Å². The third-order valence-electron chi connectivity index (χ3n) is 1.86. The molecule has 1 aromatic rings. The van der Waals surface area contributed by atoms with Gasteiger partial charge in [-0.3, -0.25) is 19.7 Å². The summed E-state index contributed by atoms with van der Waals surface area (Å²) in [6.45, 7) is 5.07. The number of benzene rings is 1. The van der Waals surface area contributed by atoms with Crippen molar-refractivity contribution in [3.63, 3.8) is 0 Å². The van der Waals surface area contributed by atoms with E-state index in [0.29, 0.717) is 0 Å². The molecule has 0 aliphatic heterocycles. The second kappa shape index (κ2) is 5.09. The van der Waals surface area contributed by atoms with Crippen molar-refractivity contribution in [2.24, 2.45) is 0 Å². The molecular formula is C11H13FN2O4. The molecule has 0 radical (unpaired) electrons. The van der Waals surface area contributed by atoms with Crippen LogP contribution in [0.15, 0.2) is 18.2 Å². The molecule has 1 N–H and O–H groups in total. The molecule has 98 valence electrons. The van der Waals surface area contributed by atoms with E-state index in [1.54, 1.807) is 20.8 Å². The second-order valence-corrected chi connectivity index (χ2v) is 4.57. The predicted octanol–water partition coefficient (Wildman–Crippen LogP) is 2.19. The zero-order chi connectivity index (χ0) is 13.9. The van der Waals surface area contributed by atoms with Gasteiger partial charge in [-0.05, 0) is 26.8 Å². The van der Waals surface area contributed by atoms with Gasteiger partial charge in [0.1, 0.15) is 5.82 Å². The van der Waals surface area contributed by atoms with Gasteiger partial charge in [0.25, 0.3) is 11.6 Å². The molecule has 0 unspecified atom stereocenters. The zero-order valence-corrected chi connectivity index (χ0v) is 10.2. The lowest BCUT2D eigenvalue weighted by atomic mass is 10.2. The van der Waals surface area contributed by atoms with Crippen molar-refractivity contribution < 1.29 is 18.9 Å². The summed E-state index contributed by atoms with van der Waals surface area (Å²) in [4.78, 5) is 26.4. The first-order valence-corrected chi connectivity index (χ1v) is 5.13. The third-order valence-corrected chi connectivity index (χ3v) is 1.86. The molecule has 1 aromatic carbocycles. The van der Waals surface area contributed by atoms with Gasteiger partial charge in [0, 0.05) is 12.1 Å². The van der Waals surface area contributed by atoms with Gasteiger partial charge in [0.15, 0.2) is 0 Å². The highest BCUT2D eigenvalue weighted by Crippen LogP contribution is 2.17. The van der Waals surface area contributed by atoms with Crippen molar-refractivity contribution in [2.45, 2.75) is 26.4 Å². The average molecular weight is 256 g/mol. The first-order valence-electron chi connectivity index (χ1n) is 5.13. The van der Waals surface area contributed by atoms with Gasteiger partial charge in [-0.15, -0.1) is 0 Å². The summed E-state index contributed by atoms with van der Waals surface area (Å²) in [6.07, 6.45) is 0. The van der Waals surface area contributed by atoms with Crippen LogP contribution in [0.2, 0.25) is 0 Å². The maximum Gasteiger partial charge on any atom is 0.278 e. The number of nitro benzene ring substituents is 1. The van der Waals surface area contributed by atoms with Crippen LogP contribution < -0.4 is 5.48 Å². The van der Waals surface area contributed by atoms with Crippen LogP contribution in [-0.2, 0) is 4.84 Å². The number of nitrogens with one attached hydrogen (secondary N) is 1. The third kappa shape index (κ3) is 3.77. The SMILES string of the molecule is CC(C)(C)ONC(=O)c1cc([N+](=O)[O-])ccc1F. The molecule has 0 atom stereocenters. The lowest BCUT2D eigenvalue weighted by molar-refractivity contribution is -0.384. The molecule has 0 spiro atoms. The fourth-order valence-electron chi connectivity index (χ4n) is 1.06. The molecule has 0 aliphatic carbocycles. The highest BCUT2D eigenvalue weighted by molar-refractivity contribution is 5.94. The lowest BCUT2D eigenvalue weighted by Gasteiger charge is -2.18. The lowest BCUT2D eigenvalue weighted by Crippen LogP contribution is -2.34. The monoisotopic (exact) mass is 256 g/mol. The number of non-ortho nitro benzene ring substituents is 1. The molecular weight excluding hydrogens is 243 g/mol. The Morgan fingerprint density at radius 2 is 2.06 bits per heavy atom. The van der Waals surface area contributed by atoms with Crippen LogP contribution in [0.1, 0.15) is 31.1 Å². The number of amides is 1. The highest BCUT2D eigenvalue weighted by atomic mass is 19.1. The first kappa shape index (κ1) is 14.0. The summed E-state index contributed by atoms with van der Waals surface area (Å²) in [5.74, 6) is -1.72. The number of carbonyl (C=O) groups is 1. The van der Waals surface area contributed by atoms with E-state index in [-0.39, 0.29) is 5.69 Å². The van der Waals surface area contributed by atoms with E-state index in [1.165, 1.54) is 0 Å². The van der Waals surface area contributed by atoms with Crippen molar-refractivity contribution in [2.75, 3.05) is 0 Å². The smallest absolute Gasteiger partial charge is 0.268 e. The van der Waals surface area contributed by atoms with Crippen LogP contribution in [0.25, 0.3) is 0 Å². The predicted molar refractivity (Wildman–Crippen MR) is 61.4 cm³/mol. The second-order valence-electron chi connectivity index (χ2n) is 4.57. The molecule has 7 heteroatoms. The van der Waals surface area contributed by atoms with Crippen LogP contribution in [0.3, 0.4) is 0 Å². The number of halogens is 1. The van der Waals surface area contributed by atoms with Gasteiger partial charge in [-0.2, -0.15) is 0 Å². The number of nitrogens with zero attached hydrogens (tertiary/aromatic N) is 1. The van der Waals surface area contributed by atoms with Crippen LogP contribution >= 0.6 is 0 Å². The standard InChI is InChI=1S/C11H13FN2O4/c1-11(2,3)18-13-10(15)8-6-7(14(16)17)4-5-9(8)12/h4-6H,1-3H3,(H,13,15). The molecule has 0 aliphatic rings. The minimum Gasteiger partial charge on any atom is -0.268 e. The molecule has 0 saturated heterocycles. The Morgan fingerprint density at radius 1 is 1.44 bits per heavy atom. The minimum atomic E-state index is -0.869. The molecule has 1 amide bonds. The molecule has 0 saturated carbocycles. The molecule has 18 heavy (non-hydrogen) atoms. The maximum absolute atomic E-state index is 13.4. The summed E-state index contributed by atoms with van der Waals surface area (Å²) >= 11 is 0. The van der Waals surface area contributed by atoms with Gasteiger partial charge < -0.3 is 0 Å². The number of nitro groups is 1. The van der Waals surface area contributed by atoms with E-state index in [4.69, 9.17) is 4.84 Å². The summed E-state index contributed by atoms with van der Waals surface area (Å²) in [5.41, 5.74) is 0.598. The molecule has 0 bridgehead atoms. The molecule has 0 fully saturated rings. The van der Waals surface area contributed by atoms with Gasteiger partial charge >= 0.3 is 0 Å². The largest absolute Gasteiger partial charge is 0.278 e. The fraction of sp³-hybridized carbons (Fsp3) is 0.364. The summed E-state index contributed by atoms with van der Waals surface area (Å²) < 4.78 is 13.4. The topological polar surface area (TPSA) is 81.5 Å². The Hall–Kier alpha value is -2.02. The van der Waals surface area contributed by atoms with Crippen molar-refractivity contribution in [3.8, 4) is 0 Å². The van der Waals surface area contributed by atoms with Crippen LogP contribution in [0.5, 0.6) is 0 Å². The highest BCUT2D eigenvalue weighted by Gasteiger charge is 2.19. The normalized spacial score (nSPS) is 11.1. The van der Waals surface area contributed by atoms with E-state index < -0.39 is 27.8 Å². The molecule has 6 nitrogen and oxygen atoms in total. The summed E-state index contributed by atoms with van der Waals surface area (Å²) in [6, 6.07) is 2.71. The van der Waals surface area contributed by atoms with E-state index in [9.17, 15) is 19.3 Å². The number of hydrogen-bond donors (Lipinski definition) is 1. The average Bonchev–Trinajstić information content (AvgIpc) is 2.25. The first-order chi connectivity index (χ1) is 8.20. The minimum absolute atomic E-state index is 0.364. The Kier molecular flexibility index (Phi) is 3.97. The molecule has 0 heterocycles. The number of carbonyl (C=O) groups excluding carboxylic acids is 1. The van der Waals surface area contributed by atoms with E-state index in [0.717, 1.165) is 18.2 Å². The van der Waals surface area contributed by atoms with Crippen molar-refractivity contribution in [1.29, 1.82) is 0 Å². The fourth-order valence-corrected chi connectivity index (χ4v) is 1.06. The Labute approximate surface area is 103 Å². The van der Waals surface area contributed by atoms with Gasteiger partial charge in [0.2, 0.25) is 0 Å². The van der Waals surface area contributed by atoms with Gasteiger partial charge in [0.05, 0.1) is 16.1 Å². The van der Waals surface area contributed by atoms with E-state index in [1.807, 2.05) is 5.48 Å². The van der Waals surface area contributed by atoms with Gasteiger partial charge in [-0.25, -0.2) is 9.87 Å². The van der Waals surface area contributed by atoms with Crippen molar-refractivity contribution in [3.05, 3.63) is 39.7 Å². The maximum atomic E-state index is 13.4. The molecule has 1 rings (SSSR count). The van der Waals surface area contributed by atoms with Crippen molar-refractivity contribution in [1.82, 2.24) is 5.48 Å². The number of hydroxylamine groups is 1. The quantitative estimate of drug-likeness (QED) is 0.663. The number of hydrogen-bond acceptors (Lipinski definition) is 4. The van der Waals surface area contributed by atoms with E-state index in [2.05, 4.69) is 0 Å². The van der Waals surface area contributed by atoms with Crippen LogP contribution in [0, 0.1) is 15.9 Å². The molecule has 0 aromatic heterocycles. The van der Waals surface area contributed by atoms with Crippen LogP contribution in [-0.4, -0.2) is 16.4 Å². The Bertz CT molecular complexity index is 482. The van der Waals surface area contributed by atoms with Crippen molar-refractivity contribution >= 4 is 11.6 Å². The summed E-state index contributed by atoms with van der Waals surface area (Å²) in [5, 5.41) is 10.5. The summed E-state index contributed by atoms with van der Waals surface area (Å²) in [7, 11) is 0. The Balaban J connectivity index is 2.91. The van der Waals surface area contributed by atoms with Gasteiger partial charge in [-0.1, -0.05) is 0 Å². The van der Waals surface area contributed by atoms with Crippen LogP contribution in [0.4, 0.5) is 10.1 Å². The zero-order valence-electron chi connectivity index (χ0n) is 10.2.